The first-order valence-corrected chi connectivity index (χ1v) is 6.01. The maximum atomic E-state index is 12.0. The molecule has 0 atom stereocenters. The summed E-state index contributed by atoms with van der Waals surface area (Å²) in [5.41, 5.74) is 0.426. The summed E-state index contributed by atoms with van der Waals surface area (Å²) in [7, 11) is 0. The molecule has 0 aliphatic rings. The largest absolute Gasteiger partial charge is 0.422 e. The van der Waals surface area contributed by atoms with Crippen LogP contribution in [-0.4, -0.2) is 5.97 Å². The molecule has 0 aromatic heterocycles. The Morgan fingerprint density at radius 1 is 0.895 bits per heavy atom. The van der Waals surface area contributed by atoms with E-state index in [1.165, 1.54) is 0 Å². The van der Waals surface area contributed by atoms with Crippen LogP contribution < -0.4 is 4.74 Å². The summed E-state index contributed by atoms with van der Waals surface area (Å²) in [5, 5.41) is 1.97. The lowest BCUT2D eigenvalue weighted by molar-refractivity contribution is 0.0737. The van der Waals surface area contributed by atoms with Gasteiger partial charge in [-0.05, 0) is 23.6 Å². The van der Waals surface area contributed by atoms with Gasteiger partial charge in [-0.25, -0.2) is 4.79 Å². The van der Waals surface area contributed by atoms with Crippen molar-refractivity contribution in [3.05, 3.63) is 78.4 Å². The highest BCUT2D eigenvalue weighted by atomic mass is 16.5. The van der Waals surface area contributed by atoms with Crippen molar-refractivity contribution >= 4 is 16.7 Å². The highest BCUT2D eigenvalue weighted by Crippen LogP contribution is 2.25. The molecule has 3 aromatic carbocycles. The molecular weight excluding hydrogens is 236 g/mol. The first-order valence-electron chi connectivity index (χ1n) is 6.01. The van der Waals surface area contributed by atoms with Crippen LogP contribution in [0.1, 0.15) is 10.4 Å². The Morgan fingerprint density at radius 2 is 1.68 bits per heavy atom. The predicted molar refractivity (Wildman–Crippen MR) is 74.2 cm³/mol. The second-order valence-electron chi connectivity index (χ2n) is 4.14. The lowest BCUT2D eigenvalue weighted by Crippen LogP contribution is -2.08. The van der Waals surface area contributed by atoms with Crippen LogP contribution >= 0.6 is 0 Å². The van der Waals surface area contributed by atoms with Gasteiger partial charge in [0.1, 0.15) is 5.75 Å². The molecule has 0 unspecified atom stereocenters. The molecule has 0 saturated carbocycles. The molecular formula is C17H11O2. The summed E-state index contributed by atoms with van der Waals surface area (Å²) in [6.45, 7) is 0. The van der Waals surface area contributed by atoms with Crippen molar-refractivity contribution in [3.8, 4) is 5.75 Å². The molecule has 1 radical (unpaired) electrons. The Labute approximate surface area is 111 Å². The van der Waals surface area contributed by atoms with Crippen molar-refractivity contribution in [1.82, 2.24) is 0 Å². The minimum Gasteiger partial charge on any atom is -0.422 e. The van der Waals surface area contributed by atoms with Gasteiger partial charge in [0, 0.05) is 5.39 Å². The van der Waals surface area contributed by atoms with Gasteiger partial charge in [0.2, 0.25) is 0 Å². The van der Waals surface area contributed by atoms with E-state index in [4.69, 9.17) is 4.74 Å². The molecule has 2 heteroatoms. The monoisotopic (exact) mass is 247 g/mol. The van der Waals surface area contributed by atoms with Gasteiger partial charge in [0.25, 0.3) is 0 Å². The Balaban J connectivity index is 1.96. The maximum Gasteiger partial charge on any atom is 0.344 e. The average molecular weight is 247 g/mol. The van der Waals surface area contributed by atoms with E-state index < -0.39 is 5.97 Å². The molecule has 0 spiro atoms. The summed E-state index contributed by atoms with van der Waals surface area (Å²) in [6, 6.07) is 23.3. The van der Waals surface area contributed by atoms with Gasteiger partial charge in [0.15, 0.2) is 0 Å². The Hall–Kier alpha value is -2.61. The topological polar surface area (TPSA) is 26.3 Å². The van der Waals surface area contributed by atoms with Gasteiger partial charge < -0.3 is 4.74 Å². The summed E-state index contributed by atoms with van der Waals surface area (Å²) < 4.78 is 5.44. The van der Waals surface area contributed by atoms with Crippen LogP contribution in [0.5, 0.6) is 5.75 Å². The van der Waals surface area contributed by atoms with E-state index in [2.05, 4.69) is 6.07 Å². The molecule has 0 aliphatic heterocycles. The third-order valence-electron chi connectivity index (χ3n) is 2.88. The second-order valence-corrected chi connectivity index (χ2v) is 4.14. The number of hydrogen-bond acceptors (Lipinski definition) is 2. The quantitative estimate of drug-likeness (QED) is 0.507. The average Bonchev–Trinajstić information content (AvgIpc) is 2.48. The number of hydrogen-bond donors (Lipinski definition) is 0. The van der Waals surface area contributed by atoms with Crippen molar-refractivity contribution in [2.45, 2.75) is 0 Å². The van der Waals surface area contributed by atoms with Crippen LogP contribution in [0, 0.1) is 6.07 Å². The number of carbonyl (C=O) groups excluding carboxylic acids is 1. The van der Waals surface area contributed by atoms with Crippen LogP contribution in [0.25, 0.3) is 10.8 Å². The zero-order chi connectivity index (χ0) is 13.1. The molecule has 0 N–H and O–H groups in total. The molecule has 0 fully saturated rings. The van der Waals surface area contributed by atoms with Gasteiger partial charge in [-0.15, -0.1) is 0 Å². The maximum absolute atomic E-state index is 12.0. The lowest BCUT2D eigenvalue weighted by Gasteiger charge is -2.07. The molecule has 0 saturated heterocycles. The summed E-state index contributed by atoms with van der Waals surface area (Å²) in [4.78, 5) is 12.0. The normalized spacial score (nSPS) is 10.3. The van der Waals surface area contributed by atoms with E-state index in [0.29, 0.717) is 11.3 Å². The third-order valence-corrected chi connectivity index (χ3v) is 2.88. The molecule has 3 aromatic rings. The number of ether oxygens (including phenoxy) is 1. The fourth-order valence-electron chi connectivity index (χ4n) is 1.96. The fraction of sp³-hybridized carbons (Fsp3) is 0. The number of esters is 1. The smallest absolute Gasteiger partial charge is 0.344 e. The minimum atomic E-state index is -0.392. The Bertz CT molecular complexity index is 712. The van der Waals surface area contributed by atoms with E-state index in [0.717, 1.165) is 10.8 Å². The van der Waals surface area contributed by atoms with Gasteiger partial charge in [-0.1, -0.05) is 54.6 Å². The molecule has 2 nitrogen and oxygen atoms in total. The van der Waals surface area contributed by atoms with E-state index in [1.807, 2.05) is 42.5 Å². The summed E-state index contributed by atoms with van der Waals surface area (Å²) >= 11 is 0. The fourth-order valence-corrected chi connectivity index (χ4v) is 1.96. The van der Waals surface area contributed by atoms with Gasteiger partial charge >= 0.3 is 5.97 Å². The van der Waals surface area contributed by atoms with Crippen LogP contribution in [-0.2, 0) is 0 Å². The number of rotatable bonds is 2. The third kappa shape index (κ3) is 2.33. The van der Waals surface area contributed by atoms with Crippen molar-refractivity contribution in [2.75, 3.05) is 0 Å². The van der Waals surface area contributed by atoms with E-state index in [-0.39, 0.29) is 0 Å². The number of benzene rings is 3. The highest BCUT2D eigenvalue weighted by molar-refractivity contribution is 5.95. The zero-order valence-corrected chi connectivity index (χ0v) is 10.2. The van der Waals surface area contributed by atoms with Crippen LogP contribution in [0.4, 0.5) is 0 Å². The van der Waals surface area contributed by atoms with Crippen molar-refractivity contribution in [3.63, 3.8) is 0 Å². The molecule has 0 bridgehead atoms. The number of fused-ring (bicyclic) bond motifs is 1. The van der Waals surface area contributed by atoms with Gasteiger partial charge in [0.05, 0.1) is 5.56 Å². The first-order chi connectivity index (χ1) is 9.34. The van der Waals surface area contributed by atoms with Crippen molar-refractivity contribution in [1.29, 1.82) is 0 Å². The minimum absolute atomic E-state index is 0.392. The van der Waals surface area contributed by atoms with Crippen molar-refractivity contribution < 1.29 is 9.53 Å². The lowest BCUT2D eigenvalue weighted by atomic mass is 10.1. The molecule has 3 rings (SSSR count). The first kappa shape index (κ1) is 11.5. The Morgan fingerprint density at radius 3 is 2.53 bits per heavy atom. The van der Waals surface area contributed by atoms with Crippen LogP contribution in [0.2, 0.25) is 0 Å². The van der Waals surface area contributed by atoms with Gasteiger partial charge in [-0.3, -0.25) is 0 Å². The van der Waals surface area contributed by atoms with E-state index >= 15 is 0 Å². The summed E-state index contributed by atoms with van der Waals surface area (Å²) in [6.07, 6.45) is 0. The SMILES string of the molecule is O=C(Oc1cccc2ccccc12)c1[c]cccc1. The Kier molecular flexibility index (Phi) is 2.99. The molecule has 0 amide bonds. The zero-order valence-electron chi connectivity index (χ0n) is 10.2. The van der Waals surface area contributed by atoms with Crippen LogP contribution in [0.15, 0.2) is 66.7 Å². The highest BCUT2D eigenvalue weighted by Gasteiger charge is 2.09. The van der Waals surface area contributed by atoms with Crippen molar-refractivity contribution in [2.24, 2.45) is 0 Å². The molecule has 19 heavy (non-hydrogen) atoms. The van der Waals surface area contributed by atoms with Crippen LogP contribution in [0.3, 0.4) is 0 Å². The molecule has 91 valence electrons. The second kappa shape index (κ2) is 4.94. The van der Waals surface area contributed by atoms with E-state index in [1.54, 1.807) is 24.3 Å². The van der Waals surface area contributed by atoms with E-state index in [9.17, 15) is 4.79 Å². The predicted octanol–water partition coefficient (Wildman–Crippen LogP) is 3.86. The van der Waals surface area contributed by atoms with Gasteiger partial charge in [-0.2, -0.15) is 0 Å². The summed E-state index contributed by atoms with van der Waals surface area (Å²) in [5.74, 6) is 0.178. The molecule has 0 heterocycles. The standard InChI is InChI=1S/C17H11O2/c18-17(14-8-2-1-3-9-14)19-16-12-6-10-13-7-4-5-11-15(13)16/h1-8,10-12H. The number of carbonyl (C=O) groups is 1. The molecule has 0 aliphatic carbocycles.